The lowest BCUT2D eigenvalue weighted by Crippen LogP contribution is -2.46. The zero-order valence-electron chi connectivity index (χ0n) is 28.3. The predicted octanol–water partition coefficient (Wildman–Crippen LogP) is 5.71. The predicted molar refractivity (Wildman–Crippen MR) is 201 cm³/mol. The molecule has 1 saturated heterocycles. The highest BCUT2D eigenvalue weighted by molar-refractivity contribution is 7.99. The number of anilines is 2. The molecule has 0 saturated carbocycles. The highest BCUT2D eigenvalue weighted by Gasteiger charge is 2.25. The number of amides is 1. The number of benzene rings is 4. The topological polar surface area (TPSA) is 171 Å². The molecule has 6 rings (SSSR count). The van der Waals surface area contributed by atoms with Gasteiger partial charge in [0.25, 0.3) is 21.6 Å². The summed E-state index contributed by atoms with van der Waals surface area (Å²) >= 11 is 1.58. The minimum absolute atomic E-state index is 0.168. The smallest absolute Gasteiger partial charge is 0.293 e. The summed E-state index contributed by atoms with van der Waals surface area (Å²) in [5.41, 5.74) is 3.90. The van der Waals surface area contributed by atoms with Crippen LogP contribution in [0.5, 0.6) is 5.75 Å². The number of hydrogen-bond donors (Lipinski definition) is 3. The molecule has 1 aliphatic rings. The van der Waals surface area contributed by atoms with Gasteiger partial charge in [0.1, 0.15) is 11.4 Å². The number of nitrogens with one attached hydrogen (secondary N) is 2. The summed E-state index contributed by atoms with van der Waals surface area (Å²) < 4.78 is 28.1. The molecule has 0 bridgehead atoms. The van der Waals surface area contributed by atoms with Crippen LogP contribution in [0.1, 0.15) is 21.6 Å². The molecule has 1 aromatic heterocycles. The van der Waals surface area contributed by atoms with Crippen molar-refractivity contribution in [2.75, 3.05) is 48.7 Å². The number of carbonyl (C=O) groups excluding carboxylic acids is 1. The van der Waals surface area contributed by atoms with Crippen molar-refractivity contribution in [2.24, 2.45) is 0 Å². The van der Waals surface area contributed by atoms with Crippen LogP contribution in [0.3, 0.4) is 0 Å². The van der Waals surface area contributed by atoms with Gasteiger partial charge in [0, 0.05) is 56.0 Å². The second kappa shape index (κ2) is 16.2. The summed E-state index contributed by atoms with van der Waals surface area (Å²) in [6, 6.07) is 29.7. The molecular weight excluding hydrogens is 703 g/mol. The van der Waals surface area contributed by atoms with Crippen molar-refractivity contribution in [1.29, 1.82) is 0 Å². The number of aryl methyl sites for hydroxylation is 1. The lowest BCUT2D eigenvalue weighted by Gasteiger charge is -2.35. The molecule has 15 heteroatoms. The van der Waals surface area contributed by atoms with Gasteiger partial charge in [0.15, 0.2) is 11.5 Å². The van der Waals surface area contributed by atoms with E-state index in [1.54, 1.807) is 30.0 Å². The first kappa shape index (κ1) is 36.3. The summed E-state index contributed by atoms with van der Waals surface area (Å²) in [5.74, 6) is 0.426. The normalized spacial score (nSPS) is 13.4. The zero-order chi connectivity index (χ0) is 36.7. The SMILES string of the molecule is Cc1cc(CN2CCN(c3ccc(C(=O)NS(=O)(=O)c4ccc(NCCSc5ccccc5)c([N+](=O)[O-])c4)nn3)CC2)ccc1-c1cccc(O)c1. The number of carbonyl (C=O) groups is 1. The lowest BCUT2D eigenvalue weighted by atomic mass is 9.98. The molecule has 3 N–H and O–H groups in total. The Balaban J connectivity index is 1.01. The fraction of sp³-hybridized carbons (Fsp3) is 0.216. The van der Waals surface area contributed by atoms with E-state index >= 15 is 0 Å². The molecule has 0 radical (unpaired) electrons. The van der Waals surface area contributed by atoms with Gasteiger partial charge in [-0.1, -0.05) is 48.5 Å². The third-order valence-electron chi connectivity index (χ3n) is 8.57. The van der Waals surface area contributed by atoms with Gasteiger partial charge in [-0.3, -0.25) is 19.8 Å². The first-order valence-corrected chi connectivity index (χ1v) is 19.0. The molecular formula is C37H37N7O6S2. The van der Waals surface area contributed by atoms with Crippen LogP contribution >= 0.6 is 11.8 Å². The number of thioether (sulfide) groups is 1. The highest BCUT2D eigenvalue weighted by Crippen LogP contribution is 2.29. The van der Waals surface area contributed by atoms with E-state index in [-0.39, 0.29) is 17.1 Å². The summed E-state index contributed by atoms with van der Waals surface area (Å²) in [4.78, 5) is 29.0. The first-order chi connectivity index (χ1) is 25.1. The van der Waals surface area contributed by atoms with Gasteiger partial charge in [-0.05, 0) is 77.7 Å². The first-order valence-electron chi connectivity index (χ1n) is 16.5. The molecule has 1 amide bonds. The number of aromatic hydroxyl groups is 1. The van der Waals surface area contributed by atoms with E-state index in [0.717, 1.165) is 47.3 Å². The maximum absolute atomic E-state index is 13.1. The fourth-order valence-corrected chi connectivity index (χ4v) is 7.68. The summed E-state index contributed by atoms with van der Waals surface area (Å²) in [7, 11) is -4.46. The van der Waals surface area contributed by atoms with E-state index in [9.17, 15) is 28.4 Å². The minimum atomic E-state index is -4.46. The Hall–Kier alpha value is -5.51. The Morgan fingerprint density at radius 1 is 0.923 bits per heavy atom. The Morgan fingerprint density at radius 3 is 2.40 bits per heavy atom. The van der Waals surface area contributed by atoms with Crippen LogP contribution in [0.4, 0.5) is 17.2 Å². The van der Waals surface area contributed by atoms with E-state index in [4.69, 9.17) is 0 Å². The molecule has 0 unspecified atom stereocenters. The third kappa shape index (κ3) is 9.04. The largest absolute Gasteiger partial charge is 0.508 e. The molecule has 4 aromatic carbocycles. The molecule has 52 heavy (non-hydrogen) atoms. The van der Waals surface area contributed by atoms with E-state index in [0.29, 0.717) is 31.2 Å². The van der Waals surface area contributed by atoms with E-state index in [1.165, 1.54) is 23.8 Å². The number of phenols is 1. The maximum atomic E-state index is 13.1. The van der Waals surface area contributed by atoms with Crippen LogP contribution < -0.4 is 14.9 Å². The second-order valence-corrected chi connectivity index (χ2v) is 15.0. The van der Waals surface area contributed by atoms with Crippen LogP contribution in [0, 0.1) is 17.0 Å². The molecule has 0 spiro atoms. The number of hydrogen-bond acceptors (Lipinski definition) is 12. The molecule has 13 nitrogen and oxygen atoms in total. The lowest BCUT2D eigenvalue weighted by molar-refractivity contribution is -0.384. The average molecular weight is 740 g/mol. The number of phenolic OH excluding ortho intramolecular Hbond substituents is 1. The number of piperazine rings is 1. The van der Waals surface area contributed by atoms with Gasteiger partial charge in [0.05, 0.1) is 9.82 Å². The van der Waals surface area contributed by atoms with Crippen LogP contribution in [-0.2, 0) is 16.6 Å². The van der Waals surface area contributed by atoms with Crippen molar-refractivity contribution in [1.82, 2.24) is 19.8 Å². The van der Waals surface area contributed by atoms with Crippen LogP contribution in [-0.4, -0.2) is 77.9 Å². The van der Waals surface area contributed by atoms with Crippen molar-refractivity contribution < 1.29 is 23.2 Å². The summed E-state index contributed by atoms with van der Waals surface area (Å²) in [6.45, 7) is 6.19. The van der Waals surface area contributed by atoms with Crippen LogP contribution in [0.2, 0.25) is 0 Å². The minimum Gasteiger partial charge on any atom is -0.508 e. The number of rotatable bonds is 13. The summed E-state index contributed by atoms with van der Waals surface area (Å²) in [6.07, 6.45) is 0. The van der Waals surface area contributed by atoms with Crippen molar-refractivity contribution in [3.63, 3.8) is 0 Å². The molecule has 0 aliphatic carbocycles. The monoisotopic (exact) mass is 739 g/mol. The average Bonchev–Trinajstić information content (AvgIpc) is 3.14. The Kier molecular flexibility index (Phi) is 11.3. The number of sulfonamides is 1. The van der Waals surface area contributed by atoms with Gasteiger partial charge >= 0.3 is 0 Å². The number of nitrogens with zero attached hydrogens (tertiary/aromatic N) is 5. The van der Waals surface area contributed by atoms with E-state index in [1.807, 2.05) is 52.1 Å². The number of nitro benzene ring substituents is 1. The van der Waals surface area contributed by atoms with Gasteiger partial charge in [0.2, 0.25) is 0 Å². The maximum Gasteiger partial charge on any atom is 0.293 e. The van der Waals surface area contributed by atoms with Gasteiger partial charge in [-0.15, -0.1) is 22.0 Å². The summed E-state index contributed by atoms with van der Waals surface area (Å²) in [5, 5.41) is 32.8. The molecule has 0 atom stereocenters. The molecule has 268 valence electrons. The van der Waals surface area contributed by atoms with E-state index in [2.05, 4.69) is 45.5 Å². The van der Waals surface area contributed by atoms with Crippen molar-refractivity contribution >= 4 is 44.9 Å². The highest BCUT2D eigenvalue weighted by atomic mass is 32.2. The quantitative estimate of drug-likeness (QED) is 0.0583. The number of nitro groups is 1. The van der Waals surface area contributed by atoms with Crippen molar-refractivity contribution in [3.05, 3.63) is 130 Å². The van der Waals surface area contributed by atoms with Crippen LogP contribution in [0.25, 0.3) is 11.1 Å². The van der Waals surface area contributed by atoms with Crippen molar-refractivity contribution in [2.45, 2.75) is 23.3 Å². The molecule has 1 fully saturated rings. The van der Waals surface area contributed by atoms with Gasteiger partial charge in [-0.25, -0.2) is 13.1 Å². The Morgan fingerprint density at radius 2 is 1.71 bits per heavy atom. The number of aromatic nitrogens is 2. The Labute approximate surface area is 305 Å². The van der Waals surface area contributed by atoms with Crippen LogP contribution in [0.15, 0.2) is 113 Å². The van der Waals surface area contributed by atoms with Crippen molar-refractivity contribution in [3.8, 4) is 16.9 Å². The molecule has 2 heterocycles. The fourth-order valence-electron chi connectivity index (χ4n) is 5.91. The van der Waals surface area contributed by atoms with E-state index < -0.39 is 31.4 Å². The second-order valence-electron chi connectivity index (χ2n) is 12.2. The van der Waals surface area contributed by atoms with Gasteiger partial charge < -0.3 is 15.3 Å². The molecule has 5 aromatic rings. The van der Waals surface area contributed by atoms with Gasteiger partial charge in [-0.2, -0.15) is 0 Å². The zero-order valence-corrected chi connectivity index (χ0v) is 29.9. The standard InChI is InChI=1S/C37H37N7O6S2/c1-26-22-27(10-12-32(26)28-6-5-7-29(45)23-28)25-42-17-19-43(20-18-42)36-15-14-34(39-40-36)37(46)41-52(49,50)31-11-13-33(35(24-31)44(47)48)38-16-21-51-30-8-3-2-4-9-30/h2-15,22-24,38,45H,16-21,25H2,1H3,(H,41,46). The third-order valence-corrected chi connectivity index (χ3v) is 10.9. The molecule has 1 aliphatic heterocycles. The Bertz CT molecular complexity index is 2160.